The molecule has 1 rings (SSSR count). The molecule has 19 heavy (non-hydrogen) atoms. The molecule has 0 saturated heterocycles. The Bertz CT molecular complexity index is 458. The number of carbonyl (C=O) groups is 2. The first kappa shape index (κ1) is 14.7. The Labute approximate surface area is 109 Å². The molecular formula is C13H14FNO4. The Hall–Kier alpha value is -2.37. The average Bonchev–Trinajstić information content (AvgIpc) is 2.38. The third kappa shape index (κ3) is 5.20. The monoisotopic (exact) mass is 267 g/mol. The number of rotatable bonds is 6. The summed E-state index contributed by atoms with van der Waals surface area (Å²) in [4.78, 5) is 22.3. The topological polar surface area (TPSA) is 75.6 Å². The van der Waals surface area contributed by atoms with Gasteiger partial charge in [-0.1, -0.05) is 24.8 Å². The number of benzene rings is 1. The second kappa shape index (κ2) is 7.15. The number of amides is 1. The first-order chi connectivity index (χ1) is 9.02. The number of nitrogens with one attached hydrogen (secondary N) is 1. The number of hydrogen-bond acceptors (Lipinski definition) is 3. The number of ether oxygens (including phenoxy) is 1. The smallest absolute Gasteiger partial charge is 0.408 e. The van der Waals surface area contributed by atoms with E-state index >= 15 is 0 Å². The number of alkyl carbamates (subject to hydrolysis) is 1. The molecule has 0 unspecified atom stereocenters. The van der Waals surface area contributed by atoms with Crippen LogP contribution < -0.4 is 5.32 Å². The van der Waals surface area contributed by atoms with Gasteiger partial charge in [0.15, 0.2) is 0 Å². The molecule has 6 heteroatoms. The van der Waals surface area contributed by atoms with Crippen molar-refractivity contribution in [2.24, 2.45) is 0 Å². The lowest BCUT2D eigenvalue weighted by Gasteiger charge is -2.14. The zero-order valence-corrected chi connectivity index (χ0v) is 10.1. The van der Waals surface area contributed by atoms with Gasteiger partial charge >= 0.3 is 12.1 Å². The van der Waals surface area contributed by atoms with Crippen LogP contribution in [0, 0.1) is 5.82 Å². The summed E-state index contributed by atoms with van der Waals surface area (Å²) in [5, 5.41) is 11.2. The maximum atomic E-state index is 12.7. The lowest BCUT2D eigenvalue weighted by Crippen LogP contribution is -2.42. The van der Waals surface area contributed by atoms with Gasteiger partial charge in [-0.05, 0) is 17.7 Å². The van der Waals surface area contributed by atoms with Crippen LogP contribution in [-0.4, -0.2) is 29.8 Å². The fourth-order valence-corrected chi connectivity index (χ4v) is 1.37. The van der Waals surface area contributed by atoms with E-state index in [0.29, 0.717) is 5.56 Å². The normalized spacial score (nSPS) is 11.4. The summed E-state index contributed by atoms with van der Waals surface area (Å²) >= 11 is 0. The van der Waals surface area contributed by atoms with Crippen molar-refractivity contribution in [3.05, 3.63) is 48.3 Å². The molecule has 0 aliphatic rings. The largest absolute Gasteiger partial charge is 0.480 e. The van der Waals surface area contributed by atoms with Gasteiger partial charge in [-0.2, -0.15) is 0 Å². The molecule has 1 amide bonds. The second-order valence-corrected chi connectivity index (χ2v) is 3.75. The molecule has 0 radical (unpaired) electrons. The number of carbonyl (C=O) groups excluding carboxylic acids is 1. The summed E-state index contributed by atoms with van der Waals surface area (Å²) in [6, 6.07) is 4.24. The molecule has 0 aromatic heterocycles. The van der Waals surface area contributed by atoms with Crippen LogP contribution in [0.2, 0.25) is 0 Å². The predicted molar refractivity (Wildman–Crippen MR) is 66.2 cm³/mol. The number of carboxylic acid groups (broad SMARTS) is 1. The number of carboxylic acids is 1. The number of aliphatic carboxylic acids is 1. The molecule has 2 N–H and O–H groups in total. The molecule has 1 aromatic carbocycles. The highest BCUT2D eigenvalue weighted by Crippen LogP contribution is 2.06. The maximum Gasteiger partial charge on any atom is 0.408 e. The number of halogens is 1. The molecule has 0 aliphatic heterocycles. The number of hydrogen-bond donors (Lipinski definition) is 2. The Balaban J connectivity index is 2.62. The quantitative estimate of drug-likeness (QED) is 0.770. The molecule has 0 fully saturated rings. The van der Waals surface area contributed by atoms with Gasteiger partial charge in [0.2, 0.25) is 0 Å². The van der Waals surface area contributed by atoms with E-state index < -0.39 is 23.9 Å². The van der Waals surface area contributed by atoms with E-state index in [1.807, 2.05) is 0 Å². The van der Waals surface area contributed by atoms with Crippen LogP contribution >= 0.6 is 0 Å². The van der Waals surface area contributed by atoms with E-state index in [1.54, 1.807) is 0 Å². The van der Waals surface area contributed by atoms with Crippen LogP contribution in [0.3, 0.4) is 0 Å². The summed E-state index contributed by atoms with van der Waals surface area (Å²) in [6.45, 7) is 3.36. The molecular weight excluding hydrogens is 253 g/mol. The van der Waals surface area contributed by atoms with Crippen LogP contribution in [0.15, 0.2) is 36.9 Å². The summed E-state index contributed by atoms with van der Waals surface area (Å²) in [5.74, 6) is -1.60. The highest BCUT2D eigenvalue weighted by molar-refractivity contribution is 5.80. The zero-order valence-electron chi connectivity index (χ0n) is 10.1. The summed E-state index contributed by atoms with van der Waals surface area (Å²) < 4.78 is 17.4. The predicted octanol–water partition coefficient (Wildman–Crippen LogP) is 1.73. The molecule has 1 atom stereocenters. The van der Waals surface area contributed by atoms with Crippen molar-refractivity contribution in [2.45, 2.75) is 12.5 Å². The Morgan fingerprint density at radius 2 is 2.05 bits per heavy atom. The van der Waals surface area contributed by atoms with Crippen molar-refractivity contribution in [3.8, 4) is 0 Å². The minimum absolute atomic E-state index is 0.00524. The van der Waals surface area contributed by atoms with E-state index in [0.717, 1.165) is 0 Å². The van der Waals surface area contributed by atoms with Crippen LogP contribution in [0.4, 0.5) is 9.18 Å². The first-order valence-electron chi connectivity index (χ1n) is 5.54. The fourth-order valence-electron chi connectivity index (χ4n) is 1.37. The molecule has 0 saturated carbocycles. The second-order valence-electron chi connectivity index (χ2n) is 3.75. The SMILES string of the molecule is C=CCOC(=O)N[C@@H](Cc1ccc(F)cc1)C(=O)O. The standard InChI is InChI=1S/C13H14FNO4/c1-2-7-19-13(18)15-11(12(16)17)8-9-3-5-10(14)6-4-9/h2-6,11H,1,7-8H2,(H,15,18)(H,16,17)/t11-/m0/s1. The molecule has 102 valence electrons. The van der Waals surface area contributed by atoms with E-state index in [9.17, 15) is 14.0 Å². The van der Waals surface area contributed by atoms with Gasteiger partial charge in [0.25, 0.3) is 0 Å². The van der Waals surface area contributed by atoms with Gasteiger partial charge < -0.3 is 15.2 Å². The van der Waals surface area contributed by atoms with Gasteiger partial charge in [0, 0.05) is 6.42 Å². The zero-order chi connectivity index (χ0) is 14.3. The van der Waals surface area contributed by atoms with Crippen LogP contribution in [0.25, 0.3) is 0 Å². The first-order valence-corrected chi connectivity index (χ1v) is 5.54. The highest BCUT2D eigenvalue weighted by atomic mass is 19.1. The lowest BCUT2D eigenvalue weighted by molar-refractivity contribution is -0.139. The highest BCUT2D eigenvalue weighted by Gasteiger charge is 2.20. The fraction of sp³-hybridized carbons (Fsp3) is 0.231. The van der Waals surface area contributed by atoms with E-state index in [-0.39, 0.29) is 13.0 Å². The summed E-state index contributed by atoms with van der Waals surface area (Å²) in [5.41, 5.74) is 0.595. The summed E-state index contributed by atoms with van der Waals surface area (Å²) in [7, 11) is 0. The van der Waals surface area contributed by atoms with Crippen LogP contribution in [0.1, 0.15) is 5.56 Å². The van der Waals surface area contributed by atoms with Gasteiger partial charge in [0.05, 0.1) is 0 Å². The van der Waals surface area contributed by atoms with Gasteiger partial charge in [-0.15, -0.1) is 0 Å². The Morgan fingerprint density at radius 1 is 1.42 bits per heavy atom. The Morgan fingerprint density at radius 3 is 2.58 bits per heavy atom. The van der Waals surface area contributed by atoms with E-state index in [2.05, 4.69) is 16.6 Å². The third-order valence-corrected chi connectivity index (χ3v) is 2.28. The van der Waals surface area contributed by atoms with Crippen molar-refractivity contribution in [2.75, 3.05) is 6.61 Å². The Kier molecular flexibility index (Phi) is 5.53. The van der Waals surface area contributed by atoms with Crippen LogP contribution in [0.5, 0.6) is 0 Å². The molecule has 1 aromatic rings. The third-order valence-electron chi connectivity index (χ3n) is 2.28. The van der Waals surface area contributed by atoms with E-state index in [1.165, 1.54) is 30.3 Å². The van der Waals surface area contributed by atoms with Crippen molar-refractivity contribution in [1.82, 2.24) is 5.32 Å². The molecule has 5 nitrogen and oxygen atoms in total. The average molecular weight is 267 g/mol. The van der Waals surface area contributed by atoms with Gasteiger partial charge in [-0.3, -0.25) is 0 Å². The lowest BCUT2D eigenvalue weighted by atomic mass is 10.1. The van der Waals surface area contributed by atoms with Crippen molar-refractivity contribution in [3.63, 3.8) is 0 Å². The minimum Gasteiger partial charge on any atom is -0.480 e. The molecule has 0 bridgehead atoms. The van der Waals surface area contributed by atoms with Gasteiger partial charge in [0.1, 0.15) is 18.5 Å². The van der Waals surface area contributed by atoms with Crippen molar-refractivity contribution >= 4 is 12.1 Å². The van der Waals surface area contributed by atoms with Gasteiger partial charge in [-0.25, -0.2) is 14.0 Å². The molecule has 0 heterocycles. The van der Waals surface area contributed by atoms with Crippen molar-refractivity contribution in [1.29, 1.82) is 0 Å². The van der Waals surface area contributed by atoms with Crippen LogP contribution in [-0.2, 0) is 16.0 Å². The summed E-state index contributed by atoms with van der Waals surface area (Å²) in [6.07, 6.45) is 0.572. The maximum absolute atomic E-state index is 12.7. The molecule has 0 aliphatic carbocycles. The molecule has 0 spiro atoms. The van der Waals surface area contributed by atoms with Crippen molar-refractivity contribution < 1.29 is 23.8 Å². The van der Waals surface area contributed by atoms with E-state index in [4.69, 9.17) is 5.11 Å². The minimum atomic E-state index is -1.19.